The van der Waals surface area contributed by atoms with E-state index in [9.17, 15) is 9.90 Å². The third-order valence-corrected chi connectivity index (χ3v) is 7.22. The number of rotatable bonds is 7. The SMILES string of the molecule is CC1(C)OB(c2cnc(SCCC3CCN(C(=O)C(O)CO)CC3)nc2)OC1(C)C. The summed E-state index contributed by atoms with van der Waals surface area (Å²) in [5.74, 6) is 1.07. The molecule has 3 rings (SSSR count). The average molecular weight is 437 g/mol. The number of aliphatic hydroxyl groups is 2. The number of thioether (sulfide) groups is 1. The van der Waals surface area contributed by atoms with Crippen molar-refractivity contribution in [3.8, 4) is 0 Å². The van der Waals surface area contributed by atoms with E-state index in [-0.39, 0.29) is 17.1 Å². The Morgan fingerprint density at radius 1 is 1.23 bits per heavy atom. The highest BCUT2D eigenvalue weighted by Crippen LogP contribution is 2.36. The molecule has 0 spiro atoms. The van der Waals surface area contributed by atoms with Crippen LogP contribution in [0.2, 0.25) is 0 Å². The van der Waals surface area contributed by atoms with E-state index in [1.165, 1.54) is 0 Å². The summed E-state index contributed by atoms with van der Waals surface area (Å²) < 4.78 is 12.1. The molecule has 0 aliphatic carbocycles. The van der Waals surface area contributed by atoms with Gasteiger partial charge in [0.25, 0.3) is 5.91 Å². The standard InChI is InChI=1S/C20H32BN3O5S/c1-19(2)20(3,4)29-21(28-19)15-11-22-18(23-12-15)30-10-7-14-5-8-24(9-6-14)17(27)16(26)13-25/h11-12,14,16,25-26H,5-10,13H2,1-4H3. The molecule has 166 valence electrons. The van der Waals surface area contributed by atoms with E-state index in [0.717, 1.165) is 35.6 Å². The van der Waals surface area contributed by atoms with Gasteiger partial charge in [-0.05, 0) is 52.9 Å². The lowest BCUT2D eigenvalue weighted by molar-refractivity contribution is -0.143. The van der Waals surface area contributed by atoms with Crippen molar-refractivity contribution in [2.45, 2.75) is 69.4 Å². The van der Waals surface area contributed by atoms with Crippen LogP contribution in [0.1, 0.15) is 47.0 Å². The minimum Gasteiger partial charge on any atom is -0.399 e. The van der Waals surface area contributed by atoms with Crippen molar-refractivity contribution in [1.82, 2.24) is 14.9 Å². The van der Waals surface area contributed by atoms with Gasteiger partial charge in [-0.15, -0.1) is 0 Å². The maximum absolute atomic E-state index is 11.9. The maximum atomic E-state index is 11.9. The Balaban J connectivity index is 1.41. The van der Waals surface area contributed by atoms with Crippen LogP contribution in [0.25, 0.3) is 0 Å². The van der Waals surface area contributed by atoms with Crippen LogP contribution in [0.3, 0.4) is 0 Å². The Labute approximate surface area is 182 Å². The fourth-order valence-corrected chi connectivity index (χ4v) is 4.44. The van der Waals surface area contributed by atoms with Gasteiger partial charge in [-0.2, -0.15) is 0 Å². The van der Waals surface area contributed by atoms with E-state index in [0.29, 0.717) is 19.0 Å². The zero-order valence-electron chi connectivity index (χ0n) is 18.2. The fourth-order valence-electron chi connectivity index (χ4n) is 3.55. The summed E-state index contributed by atoms with van der Waals surface area (Å²) in [5, 5.41) is 19.1. The number of hydrogen-bond acceptors (Lipinski definition) is 8. The first kappa shape index (κ1) is 23.5. The summed E-state index contributed by atoms with van der Waals surface area (Å²) in [7, 11) is -0.453. The van der Waals surface area contributed by atoms with Crippen molar-refractivity contribution in [2.24, 2.45) is 5.92 Å². The molecule has 0 aromatic carbocycles. The molecule has 1 unspecified atom stereocenters. The van der Waals surface area contributed by atoms with Crippen LogP contribution in [0.5, 0.6) is 0 Å². The van der Waals surface area contributed by atoms with E-state index >= 15 is 0 Å². The molecule has 2 aliphatic rings. The summed E-state index contributed by atoms with van der Waals surface area (Å²) in [6.45, 7) is 8.82. The zero-order valence-corrected chi connectivity index (χ0v) is 19.0. The first-order valence-electron chi connectivity index (χ1n) is 10.5. The van der Waals surface area contributed by atoms with E-state index in [1.54, 1.807) is 29.1 Å². The summed E-state index contributed by atoms with van der Waals surface area (Å²) in [6.07, 6.45) is 5.09. The number of hydrogen-bond donors (Lipinski definition) is 2. The second kappa shape index (κ2) is 9.52. The fraction of sp³-hybridized carbons (Fsp3) is 0.750. The largest absolute Gasteiger partial charge is 0.498 e. The minimum atomic E-state index is -1.30. The number of likely N-dealkylation sites (tertiary alicyclic amines) is 1. The quantitative estimate of drug-likeness (QED) is 0.368. The van der Waals surface area contributed by atoms with Gasteiger partial charge in [-0.1, -0.05) is 11.8 Å². The average Bonchev–Trinajstić information content (AvgIpc) is 2.95. The van der Waals surface area contributed by atoms with Crippen LogP contribution >= 0.6 is 11.8 Å². The molecule has 1 aromatic heterocycles. The third-order valence-electron chi connectivity index (χ3n) is 6.31. The van der Waals surface area contributed by atoms with Crippen LogP contribution in [0.4, 0.5) is 0 Å². The van der Waals surface area contributed by atoms with Crippen LogP contribution in [0.15, 0.2) is 17.6 Å². The normalized spacial score (nSPS) is 22.3. The van der Waals surface area contributed by atoms with Gasteiger partial charge in [0.1, 0.15) is 0 Å². The molecule has 2 aliphatic heterocycles. The summed E-state index contributed by atoms with van der Waals surface area (Å²) in [4.78, 5) is 22.5. The molecule has 0 bridgehead atoms. The van der Waals surface area contributed by atoms with Gasteiger partial charge in [0, 0.05) is 36.7 Å². The molecule has 2 N–H and O–H groups in total. The van der Waals surface area contributed by atoms with Crippen LogP contribution in [-0.2, 0) is 14.1 Å². The van der Waals surface area contributed by atoms with Crippen LogP contribution in [-0.4, -0.2) is 80.9 Å². The predicted molar refractivity (Wildman–Crippen MR) is 115 cm³/mol. The van der Waals surface area contributed by atoms with Crippen molar-refractivity contribution < 1.29 is 24.3 Å². The lowest BCUT2D eigenvalue weighted by Crippen LogP contribution is -2.45. The summed E-state index contributed by atoms with van der Waals surface area (Å²) in [5.41, 5.74) is 0.0447. The minimum absolute atomic E-state index is 0.374. The van der Waals surface area contributed by atoms with Gasteiger partial charge in [0.15, 0.2) is 11.3 Å². The highest BCUT2D eigenvalue weighted by atomic mass is 32.2. The number of piperidine rings is 1. The van der Waals surface area contributed by atoms with Crippen molar-refractivity contribution in [2.75, 3.05) is 25.4 Å². The monoisotopic (exact) mass is 437 g/mol. The van der Waals surface area contributed by atoms with Crippen molar-refractivity contribution in [1.29, 1.82) is 0 Å². The Bertz CT molecular complexity index is 710. The second-order valence-electron chi connectivity index (χ2n) is 8.99. The highest BCUT2D eigenvalue weighted by Gasteiger charge is 2.51. The number of aliphatic hydroxyl groups excluding tert-OH is 2. The number of carbonyl (C=O) groups is 1. The van der Waals surface area contributed by atoms with E-state index in [1.807, 2.05) is 27.7 Å². The van der Waals surface area contributed by atoms with Crippen LogP contribution in [0, 0.1) is 5.92 Å². The molecular weight excluding hydrogens is 405 g/mol. The molecule has 8 nitrogen and oxygen atoms in total. The molecule has 2 fully saturated rings. The lowest BCUT2D eigenvalue weighted by Gasteiger charge is -2.32. The zero-order chi connectivity index (χ0) is 21.9. The van der Waals surface area contributed by atoms with Crippen LogP contribution < -0.4 is 5.46 Å². The molecule has 1 amide bonds. The number of carbonyl (C=O) groups excluding carboxylic acids is 1. The topological polar surface area (TPSA) is 105 Å². The molecule has 10 heteroatoms. The first-order valence-corrected chi connectivity index (χ1v) is 11.5. The van der Waals surface area contributed by atoms with Gasteiger partial charge in [-0.25, -0.2) is 9.97 Å². The number of nitrogens with zero attached hydrogens (tertiary/aromatic N) is 3. The van der Waals surface area contributed by atoms with Gasteiger partial charge < -0.3 is 24.4 Å². The van der Waals surface area contributed by atoms with Gasteiger partial charge >= 0.3 is 7.12 Å². The van der Waals surface area contributed by atoms with E-state index in [4.69, 9.17) is 14.4 Å². The molecule has 0 saturated carbocycles. The highest BCUT2D eigenvalue weighted by molar-refractivity contribution is 7.99. The maximum Gasteiger partial charge on any atom is 0.498 e. The number of aromatic nitrogens is 2. The molecule has 30 heavy (non-hydrogen) atoms. The molecule has 2 saturated heterocycles. The molecule has 1 atom stereocenters. The Hall–Kier alpha value is -1.20. The van der Waals surface area contributed by atoms with Gasteiger partial charge in [0.05, 0.1) is 17.8 Å². The molecule has 3 heterocycles. The Morgan fingerprint density at radius 2 is 1.80 bits per heavy atom. The first-order chi connectivity index (χ1) is 14.1. The molecular formula is C20H32BN3O5S. The second-order valence-corrected chi connectivity index (χ2v) is 10.1. The van der Waals surface area contributed by atoms with Gasteiger partial charge in [-0.3, -0.25) is 4.79 Å². The van der Waals surface area contributed by atoms with E-state index < -0.39 is 19.8 Å². The van der Waals surface area contributed by atoms with Crippen molar-refractivity contribution in [3.63, 3.8) is 0 Å². The smallest absolute Gasteiger partial charge is 0.399 e. The Kier molecular flexibility index (Phi) is 7.45. The van der Waals surface area contributed by atoms with E-state index in [2.05, 4.69) is 9.97 Å². The predicted octanol–water partition coefficient (Wildman–Crippen LogP) is 0.850. The molecule has 0 radical (unpaired) electrons. The summed E-state index contributed by atoms with van der Waals surface area (Å²) in [6, 6.07) is 0. The molecule has 1 aromatic rings. The lowest BCUT2D eigenvalue weighted by atomic mass is 9.81. The van der Waals surface area contributed by atoms with Crippen molar-refractivity contribution in [3.05, 3.63) is 12.4 Å². The Morgan fingerprint density at radius 3 is 2.33 bits per heavy atom. The summed E-state index contributed by atoms with van der Waals surface area (Å²) >= 11 is 1.62. The third kappa shape index (κ3) is 5.34. The van der Waals surface area contributed by atoms with Crippen molar-refractivity contribution >= 4 is 30.3 Å². The van der Waals surface area contributed by atoms with Gasteiger partial charge in [0.2, 0.25) is 0 Å². The number of amides is 1.